The molecule has 34 heavy (non-hydrogen) atoms. The zero-order valence-corrected chi connectivity index (χ0v) is 23.8. The van der Waals surface area contributed by atoms with E-state index in [1.807, 2.05) is 32.9 Å². The van der Waals surface area contributed by atoms with Crippen LogP contribution in [0.1, 0.15) is 59.4 Å². The molecule has 3 rings (SSSR count). The van der Waals surface area contributed by atoms with Gasteiger partial charge in [0.2, 0.25) is 8.32 Å². The Labute approximate surface area is 207 Å². The van der Waals surface area contributed by atoms with E-state index >= 15 is 0 Å². The molecular formula is C26H42O6SSi. The highest BCUT2D eigenvalue weighted by molar-refractivity contribution is 7.91. The average Bonchev–Trinajstić information content (AvgIpc) is 3.07. The quantitative estimate of drug-likeness (QED) is 0.414. The molecular weight excluding hydrogens is 468 g/mol. The van der Waals surface area contributed by atoms with Crippen LogP contribution in [-0.2, 0) is 28.5 Å². The van der Waals surface area contributed by atoms with Crippen LogP contribution in [-0.4, -0.2) is 53.2 Å². The van der Waals surface area contributed by atoms with Gasteiger partial charge in [-0.3, -0.25) is 0 Å². The first-order valence-corrected chi connectivity index (χ1v) is 16.8. The van der Waals surface area contributed by atoms with Crippen LogP contribution in [0.4, 0.5) is 0 Å². The van der Waals surface area contributed by atoms with Crippen LogP contribution in [0.3, 0.4) is 0 Å². The summed E-state index contributed by atoms with van der Waals surface area (Å²) in [5.74, 6) is 0.387. The Hall–Kier alpha value is -1.19. The van der Waals surface area contributed by atoms with Gasteiger partial charge in [-0.2, -0.15) is 0 Å². The normalized spacial score (nSPS) is 25.8. The van der Waals surface area contributed by atoms with Crippen molar-refractivity contribution in [2.75, 3.05) is 12.4 Å². The van der Waals surface area contributed by atoms with Crippen LogP contribution in [0.25, 0.3) is 0 Å². The van der Waals surface area contributed by atoms with Gasteiger partial charge >= 0.3 is 0 Å². The molecule has 1 saturated heterocycles. The fourth-order valence-corrected chi connectivity index (χ4v) is 6.40. The van der Waals surface area contributed by atoms with Crippen molar-refractivity contribution in [1.82, 2.24) is 0 Å². The summed E-state index contributed by atoms with van der Waals surface area (Å²) in [6.45, 7) is 17.4. The van der Waals surface area contributed by atoms with Gasteiger partial charge in [0.15, 0.2) is 15.6 Å². The first kappa shape index (κ1) is 27.4. The summed E-state index contributed by atoms with van der Waals surface area (Å²) >= 11 is 0. The van der Waals surface area contributed by atoms with Gasteiger partial charge in [0.05, 0.1) is 35.2 Å². The Kier molecular flexibility index (Phi) is 8.10. The van der Waals surface area contributed by atoms with Gasteiger partial charge in [-0.05, 0) is 70.0 Å². The van der Waals surface area contributed by atoms with E-state index < -0.39 is 23.9 Å². The summed E-state index contributed by atoms with van der Waals surface area (Å²) < 4.78 is 50.5. The molecule has 3 atom stereocenters. The third kappa shape index (κ3) is 6.94. The lowest BCUT2D eigenvalue weighted by Gasteiger charge is -2.40. The molecule has 0 bridgehead atoms. The second kappa shape index (κ2) is 10.0. The maximum Gasteiger partial charge on any atom is 0.250 e. The molecule has 2 heterocycles. The predicted octanol–water partition coefficient (Wildman–Crippen LogP) is 5.76. The second-order valence-electron chi connectivity index (χ2n) is 11.6. The molecule has 1 aromatic carbocycles. The predicted molar refractivity (Wildman–Crippen MR) is 137 cm³/mol. The van der Waals surface area contributed by atoms with E-state index in [4.69, 9.17) is 18.6 Å². The maximum atomic E-state index is 12.8. The zero-order valence-electron chi connectivity index (χ0n) is 22.0. The molecule has 0 unspecified atom stereocenters. The summed E-state index contributed by atoms with van der Waals surface area (Å²) in [6, 6.07) is 7.03. The van der Waals surface area contributed by atoms with Gasteiger partial charge < -0.3 is 18.6 Å². The van der Waals surface area contributed by atoms with E-state index in [9.17, 15) is 8.42 Å². The van der Waals surface area contributed by atoms with Gasteiger partial charge in [0.25, 0.3) is 0 Å². The fourth-order valence-electron chi connectivity index (χ4n) is 3.95. The third-order valence-corrected chi connectivity index (χ3v) is 13.2. The molecule has 0 radical (unpaired) electrons. The highest BCUT2D eigenvalue weighted by Gasteiger charge is 2.43. The lowest BCUT2D eigenvalue weighted by Crippen LogP contribution is -2.44. The largest absolute Gasteiger partial charge is 0.547 e. The van der Waals surface area contributed by atoms with Crippen molar-refractivity contribution in [1.29, 1.82) is 0 Å². The van der Waals surface area contributed by atoms with Crippen LogP contribution in [0.5, 0.6) is 0 Å². The number of benzene rings is 1. The zero-order chi connectivity index (χ0) is 25.4. The Morgan fingerprint density at radius 1 is 1.12 bits per heavy atom. The number of ether oxygens (including phenoxy) is 3. The first-order valence-electron chi connectivity index (χ1n) is 12.2. The molecule has 0 aliphatic carbocycles. The second-order valence-corrected chi connectivity index (χ2v) is 18.4. The van der Waals surface area contributed by atoms with Crippen molar-refractivity contribution < 1.29 is 27.1 Å². The van der Waals surface area contributed by atoms with Crippen molar-refractivity contribution in [2.24, 2.45) is 0 Å². The minimum atomic E-state index is -3.33. The summed E-state index contributed by atoms with van der Waals surface area (Å²) in [7, 11) is -5.35. The lowest BCUT2D eigenvalue weighted by atomic mass is 10.0. The van der Waals surface area contributed by atoms with E-state index in [-0.39, 0.29) is 29.1 Å². The van der Waals surface area contributed by atoms with Crippen LogP contribution < -0.4 is 0 Å². The Morgan fingerprint density at radius 2 is 1.76 bits per heavy atom. The molecule has 2 aliphatic rings. The summed E-state index contributed by atoms with van der Waals surface area (Å²) in [4.78, 5) is 0.372. The fraction of sp³-hybridized carbons (Fsp3) is 0.692. The lowest BCUT2D eigenvalue weighted by molar-refractivity contribution is -0.162. The summed E-state index contributed by atoms with van der Waals surface area (Å²) in [6.07, 6.45) is 3.20. The molecule has 1 fully saturated rings. The molecule has 6 nitrogen and oxygen atoms in total. The van der Waals surface area contributed by atoms with Crippen molar-refractivity contribution in [3.05, 3.63) is 41.7 Å². The van der Waals surface area contributed by atoms with Gasteiger partial charge in [0.1, 0.15) is 6.10 Å². The SMILES string of the molecule is Cc1ccc(S(=O)(=O)CCC[C@H]2C=C(O[Si](C)(C)C(C)(C)C)C[C@H]([C@@H]3COC(C)(C)O3)O2)cc1. The summed E-state index contributed by atoms with van der Waals surface area (Å²) in [5, 5.41) is 0.0776. The Bertz CT molecular complexity index is 976. The minimum absolute atomic E-state index is 0.0776. The van der Waals surface area contributed by atoms with Gasteiger partial charge in [-0.15, -0.1) is 0 Å². The molecule has 0 spiro atoms. The van der Waals surface area contributed by atoms with Gasteiger partial charge in [-0.1, -0.05) is 38.5 Å². The molecule has 0 N–H and O–H groups in total. The van der Waals surface area contributed by atoms with Gasteiger partial charge in [0, 0.05) is 6.42 Å². The first-order chi connectivity index (χ1) is 15.6. The Balaban J connectivity index is 1.71. The Morgan fingerprint density at radius 3 is 2.32 bits per heavy atom. The number of hydrogen-bond acceptors (Lipinski definition) is 6. The van der Waals surface area contributed by atoms with E-state index in [1.165, 1.54) is 0 Å². The monoisotopic (exact) mass is 510 g/mol. The molecule has 0 saturated carbocycles. The van der Waals surface area contributed by atoms with E-state index in [0.29, 0.717) is 30.8 Å². The number of aryl methyl sites for hydroxylation is 1. The summed E-state index contributed by atoms with van der Waals surface area (Å²) in [5.41, 5.74) is 1.04. The van der Waals surface area contributed by atoms with E-state index in [1.54, 1.807) is 12.1 Å². The van der Waals surface area contributed by atoms with Crippen molar-refractivity contribution in [3.8, 4) is 0 Å². The molecule has 0 amide bonds. The number of rotatable bonds is 8. The van der Waals surface area contributed by atoms with Crippen LogP contribution in [0.2, 0.25) is 18.1 Å². The van der Waals surface area contributed by atoms with E-state index in [0.717, 1.165) is 11.3 Å². The van der Waals surface area contributed by atoms with Crippen LogP contribution >= 0.6 is 0 Å². The molecule has 8 heteroatoms. The number of sulfone groups is 1. The van der Waals surface area contributed by atoms with E-state index in [2.05, 4.69) is 39.9 Å². The smallest absolute Gasteiger partial charge is 0.250 e. The highest BCUT2D eigenvalue weighted by Crippen LogP contribution is 2.40. The van der Waals surface area contributed by atoms with Crippen LogP contribution in [0, 0.1) is 6.92 Å². The average molecular weight is 511 g/mol. The minimum Gasteiger partial charge on any atom is -0.547 e. The van der Waals surface area contributed by atoms with Crippen LogP contribution in [0.15, 0.2) is 41.0 Å². The molecule has 192 valence electrons. The molecule has 1 aromatic rings. The molecule has 2 aliphatic heterocycles. The third-order valence-electron chi connectivity index (χ3n) is 7.04. The molecule has 0 aromatic heterocycles. The number of hydrogen-bond donors (Lipinski definition) is 0. The topological polar surface area (TPSA) is 71.1 Å². The van der Waals surface area contributed by atoms with Gasteiger partial charge in [-0.25, -0.2) is 8.42 Å². The van der Waals surface area contributed by atoms with Crippen molar-refractivity contribution in [3.63, 3.8) is 0 Å². The maximum absolute atomic E-state index is 12.8. The van der Waals surface area contributed by atoms with Crippen molar-refractivity contribution in [2.45, 2.75) is 108 Å². The van der Waals surface area contributed by atoms with Crippen molar-refractivity contribution >= 4 is 18.2 Å². The standard InChI is InChI=1S/C26H42O6SSi/c1-19-11-13-22(14-12-19)33(27,28)15-9-10-20-16-21(32-34(7,8)25(2,3)4)17-23(30-20)24-18-29-26(5,6)31-24/h11-14,16,20,23-24H,9-10,15,17-18H2,1-8H3/t20-,23+,24-/m0/s1. The highest BCUT2D eigenvalue weighted by atomic mass is 32.2.